The number of rotatable bonds is 4. The molecule has 28 heavy (non-hydrogen) atoms. The fourth-order valence-electron chi connectivity index (χ4n) is 4.45. The van der Waals surface area contributed by atoms with Crippen LogP contribution in [0.25, 0.3) is 10.2 Å². The first kappa shape index (κ1) is 19.7. The van der Waals surface area contributed by atoms with Crippen molar-refractivity contribution in [2.75, 3.05) is 12.8 Å². The molecule has 1 fully saturated rings. The summed E-state index contributed by atoms with van der Waals surface area (Å²) in [5.41, 5.74) is 0.768. The molecule has 2 heterocycles. The highest BCUT2D eigenvalue weighted by Crippen LogP contribution is 2.40. The van der Waals surface area contributed by atoms with Crippen LogP contribution >= 0.6 is 23.1 Å². The highest BCUT2D eigenvalue weighted by molar-refractivity contribution is 8.00. The number of aryl methyl sites for hydroxylation is 3. The van der Waals surface area contributed by atoms with Crippen molar-refractivity contribution in [1.29, 1.82) is 5.26 Å². The van der Waals surface area contributed by atoms with Crippen LogP contribution in [0.15, 0.2) is 5.03 Å². The van der Waals surface area contributed by atoms with E-state index in [1.165, 1.54) is 40.4 Å². The molecule has 148 valence electrons. The standard InChI is InChI=1S/C21H26N4OS2/c1-14-23-19(18-15-8-4-5-9-16(15)28-20(18)24-14)27-12-17(26)25(2)21(13-22)10-6-3-7-11-21/h3-12H2,1-2H3. The molecule has 0 radical (unpaired) electrons. The molecule has 7 heteroatoms. The van der Waals surface area contributed by atoms with Gasteiger partial charge in [-0.25, -0.2) is 9.97 Å². The first-order chi connectivity index (χ1) is 13.5. The molecule has 0 N–H and O–H groups in total. The smallest absolute Gasteiger partial charge is 0.234 e. The summed E-state index contributed by atoms with van der Waals surface area (Å²) in [5, 5.41) is 11.9. The number of carbonyl (C=O) groups is 1. The van der Waals surface area contributed by atoms with Crippen molar-refractivity contribution >= 4 is 39.2 Å². The van der Waals surface area contributed by atoms with Crippen molar-refractivity contribution in [2.24, 2.45) is 0 Å². The third-order valence-electron chi connectivity index (χ3n) is 6.13. The second-order valence-electron chi connectivity index (χ2n) is 7.91. The van der Waals surface area contributed by atoms with Gasteiger partial charge in [0.2, 0.25) is 5.91 Å². The number of hydrogen-bond donors (Lipinski definition) is 0. The minimum atomic E-state index is -0.631. The summed E-state index contributed by atoms with van der Waals surface area (Å²) >= 11 is 3.30. The maximum Gasteiger partial charge on any atom is 0.234 e. The van der Waals surface area contributed by atoms with Crippen molar-refractivity contribution in [3.05, 3.63) is 16.3 Å². The lowest BCUT2D eigenvalue weighted by molar-refractivity contribution is -0.131. The second-order valence-corrected chi connectivity index (χ2v) is 9.96. The average molecular weight is 415 g/mol. The zero-order valence-electron chi connectivity index (χ0n) is 16.6. The number of carbonyl (C=O) groups excluding carboxylic acids is 1. The van der Waals surface area contributed by atoms with Gasteiger partial charge < -0.3 is 4.90 Å². The lowest BCUT2D eigenvalue weighted by atomic mass is 9.81. The van der Waals surface area contributed by atoms with E-state index in [9.17, 15) is 10.1 Å². The molecule has 0 saturated heterocycles. The molecule has 0 atom stereocenters. The topological polar surface area (TPSA) is 69.9 Å². The predicted molar refractivity (Wildman–Crippen MR) is 114 cm³/mol. The summed E-state index contributed by atoms with van der Waals surface area (Å²) in [4.78, 5) is 26.5. The number of hydrogen-bond acceptors (Lipinski definition) is 6. The molecule has 2 aromatic heterocycles. The lowest BCUT2D eigenvalue weighted by Crippen LogP contribution is -2.50. The molecule has 0 aromatic carbocycles. The quantitative estimate of drug-likeness (QED) is 0.538. The van der Waals surface area contributed by atoms with E-state index in [0.717, 1.165) is 60.6 Å². The van der Waals surface area contributed by atoms with Gasteiger partial charge in [-0.1, -0.05) is 31.0 Å². The zero-order chi connectivity index (χ0) is 19.7. The number of fused-ring (bicyclic) bond motifs is 3. The van der Waals surface area contributed by atoms with Crippen molar-refractivity contribution in [3.63, 3.8) is 0 Å². The van der Waals surface area contributed by atoms with Gasteiger partial charge >= 0.3 is 0 Å². The van der Waals surface area contributed by atoms with Crippen LogP contribution in [-0.2, 0) is 17.6 Å². The molecule has 1 amide bonds. The number of nitriles is 1. The summed E-state index contributed by atoms with van der Waals surface area (Å²) in [6, 6.07) is 2.44. The van der Waals surface area contributed by atoms with Crippen LogP contribution in [0.1, 0.15) is 61.2 Å². The van der Waals surface area contributed by atoms with Crippen LogP contribution in [0.4, 0.5) is 0 Å². The van der Waals surface area contributed by atoms with Crippen molar-refractivity contribution in [3.8, 4) is 6.07 Å². The minimum Gasteiger partial charge on any atom is -0.326 e. The number of aromatic nitrogens is 2. The molecule has 4 rings (SSSR count). The maximum absolute atomic E-state index is 12.9. The molecule has 0 aliphatic heterocycles. The number of thiophene rings is 1. The molecule has 1 saturated carbocycles. The maximum atomic E-state index is 12.9. The van der Waals surface area contributed by atoms with Crippen molar-refractivity contribution < 1.29 is 4.79 Å². The minimum absolute atomic E-state index is 0.0157. The van der Waals surface area contributed by atoms with E-state index in [1.807, 2.05) is 6.92 Å². The molecule has 0 bridgehead atoms. The molecular weight excluding hydrogens is 388 g/mol. The van der Waals surface area contributed by atoms with E-state index >= 15 is 0 Å². The van der Waals surface area contributed by atoms with E-state index in [1.54, 1.807) is 23.3 Å². The van der Waals surface area contributed by atoms with Crippen LogP contribution in [-0.4, -0.2) is 39.1 Å². The number of nitrogens with zero attached hydrogens (tertiary/aromatic N) is 4. The normalized spacial score (nSPS) is 18.5. The third kappa shape index (κ3) is 3.53. The Morgan fingerprint density at radius 1 is 1.21 bits per heavy atom. The number of amides is 1. The van der Waals surface area contributed by atoms with Crippen molar-refractivity contribution in [1.82, 2.24) is 14.9 Å². The molecule has 2 aliphatic rings. The molecule has 0 unspecified atom stereocenters. The Bertz CT molecular complexity index is 940. The van der Waals surface area contributed by atoms with E-state index in [0.29, 0.717) is 5.75 Å². The first-order valence-electron chi connectivity index (χ1n) is 10.1. The van der Waals surface area contributed by atoms with Crippen LogP contribution < -0.4 is 0 Å². The van der Waals surface area contributed by atoms with Gasteiger partial charge in [-0.3, -0.25) is 4.79 Å². The average Bonchev–Trinajstić information content (AvgIpc) is 3.09. The third-order valence-corrected chi connectivity index (χ3v) is 8.28. The first-order valence-corrected chi connectivity index (χ1v) is 11.9. The molecule has 5 nitrogen and oxygen atoms in total. The summed E-state index contributed by atoms with van der Waals surface area (Å²) in [7, 11) is 1.80. The Morgan fingerprint density at radius 2 is 1.96 bits per heavy atom. The van der Waals surface area contributed by atoms with Gasteiger partial charge in [0.15, 0.2) is 0 Å². The predicted octanol–water partition coefficient (Wildman–Crippen LogP) is 4.66. The monoisotopic (exact) mass is 414 g/mol. The van der Waals surface area contributed by atoms with Gasteiger partial charge in [-0.05, 0) is 51.0 Å². The molecular formula is C21H26N4OS2. The van der Waals surface area contributed by atoms with Crippen LogP contribution in [0, 0.1) is 18.3 Å². The van der Waals surface area contributed by atoms with Crippen molar-refractivity contribution in [2.45, 2.75) is 75.3 Å². The van der Waals surface area contributed by atoms with Gasteiger partial charge in [0.05, 0.1) is 11.8 Å². The van der Waals surface area contributed by atoms with E-state index in [2.05, 4.69) is 16.0 Å². The van der Waals surface area contributed by atoms with E-state index < -0.39 is 5.54 Å². The van der Waals surface area contributed by atoms with E-state index in [-0.39, 0.29) is 5.91 Å². The van der Waals surface area contributed by atoms with Gasteiger partial charge in [0.1, 0.15) is 21.2 Å². The Labute approximate surface area is 174 Å². The molecule has 2 aromatic rings. The van der Waals surface area contributed by atoms with Gasteiger partial charge in [-0.15, -0.1) is 11.3 Å². The Kier molecular flexibility index (Phi) is 5.62. The molecule has 2 aliphatic carbocycles. The van der Waals surface area contributed by atoms with Gasteiger partial charge in [0, 0.05) is 17.3 Å². The fourth-order valence-corrected chi connectivity index (χ4v) is 6.84. The van der Waals surface area contributed by atoms with E-state index in [4.69, 9.17) is 0 Å². The Balaban J connectivity index is 1.56. The summed E-state index contributed by atoms with van der Waals surface area (Å²) in [6.45, 7) is 1.92. The highest BCUT2D eigenvalue weighted by Gasteiger charge is 2.38. The van der Waals surface area contributed by atoms with Gasteiger partial charge in [0.25, 0.3) is 0 Å². The Morgan fingerprint density at radius 3 is 2.71 bits per heavy atom. The SMILES string of the molecule is Cc1nc(SCC(=O)N(C)C2(C#N)CCCCC2)c2c3c(sc2n1)CCCC3. The van der Waals surface area contributed by atoms with Crippen LogP contribution in [0.2, 0.25) is 0 Å². The van der Waals surface area contributed by atoms with Crippen LogP contribution in [0.5, 0.6) is 0 Å². The zero-order valence-corrected chi connectivity index (χ0v) is 18.2. The summed E-state index contributed by atoms with van der Waals surface area (Å²) in [6.07, 6.45) is 9.43. The highest BCUT2D eigenvalue weighted by atomic mass is 32.2. The second kappa shape index (κ2) is 8.00. The largest absolute Gasteiger partial charge is 0.326 e. The summed E-state index contributed by atoms with van der Waals surface area (Å²) < 4.78 is 0. The lowest BCUT2D eigenvalue weighted by Gasteiger charge is -2.39. The Hall–Kier alpha value is -1.65. The van der Waals surface area contributed by atoms with Gasteiger partial charge in [-0.2, -0.15) is 5.26 Å². The number of thioether (sulfide) groups is 1. The fraction of sp³-hybridized carbons (Fsp3) is 0.619. The summed E-state index contributed by atoms with van der Waals surface area (Å²) in [5.74, 6) is 1.09. The van der Waals surface area contributed by atoms with Crippen LogP contribution in [0.3, 0.4) is 0 Å². The molecule has 0 spiro atoms.